The summed E-state index contributed by atoms with van der Waals surface area (Å²) in [5.74, 6) is -0.603. The zero-order chi connectivity index (χ0) is 20.4. The number of aromatic nitrogens is 2. The van der Waals surface area contributed by atoms with Crippen LogP contribution in [0.25, 0.3) is 11.0 Å². The van der Waals surface area contributed by atoms with Crippen molar-refractivity contribution in [3.05, 3.63) is 59.4 Å². The summed E-state index contributed by atoms with van der Waals surface area (Å²) in [4.78, 5) is 35.1. The van der Waals surface area contributed by atoms with Crippen LogP contribution >= 0.6 is 0 Å². The zero-order valence-electron chi connectivity index (χ0n) is 16.0. The molecular formula is C21H21N5O3. The predicted octanol–water partition coefficient (Wildman–Crippen LogP) is 2.25. The van der Waals surface area contributed by atoms with Gasteiger partial charge in [0, 0.05) is 41.6 Å². The number of hydrogen-bond donors (Lipinski definition) is 2. The fourth-order valence-corrected chi connectivity index (χ4v) is 3.27. The number of carbonyl (C=O) groups is 2. The van der Waals surface area contributed by atoms with Crippen LogP contribution in [-0.4, -0.2) is 53.0 Å². The number of hydrogen-bond acceptors (Lipinski definition) is 6. The molecule has 2 amide bonds. The van der Waals surface area contributed by atoms with Gasteiger partial charge >= 0.3 is 0 Å². The molecule has 148 valence electrons. The summed E-state index contributed by atoms with van der Waals surface area (Å²) in [6, 6.07) is 10.6. The van der Waals surface area contributed by atoms with E-state index in [-0.39, 0.29) is 5.91 Å². The molecule has 3 heterocycles. The Labute approximate surface area is 167 Å². The quantitative estimate of drug-likeness (QED) is 0.706. The van der Waals surface area contributed by atoms with E-state index in [2.05, 4.69) is 15.3 Å². The molecule has 1 aliphatic heterocycles. The SMILES string of the molecule is Cc1ccc2c(Nc3ccc(C(N)=O)cc3)c(C(=O)N3CCOCC3)cnc2n1. The minimum Gasteiger partial charge on any atom is -0.378 e. The molecule has 0 saturated carbocycles. The number of pyridine rings is 2. The van der Waals surface area contributed by atoms with Crippen LogP contribution in [0.4, 0.5) is 11.4 Å². The summed E-state index contributed by atoms with van der Waals surface area (Å²) in [5, 5.41) is 4.05. The summed E-state index contributed by atoms with van der Waals surface area (Å²) in [6.07, 6.45) is 1.56. The highest BCUT2D eigenvalue weighted by atomic mass is 16.5. The second-order valence-electron chi connectivity index (χ2n) is 6.84. The van der Waals surface area contributed by atoms with Gasteiger partial charge in [-0.05, 0) is 43.3 Å². The van der Waals surface area contributed by atoms with Crippen molar-refractivity contribution >= 4 is 34.2 Å². The van der Waals surface area contributed by atoms with E-state index < -0.39 is 5.91 Å². The molecule has 1 aliphatic rings. The summed E-state index contributed by atoms with van der Waals surface area (Å²) >= 11 is 0. The molecule has 8 nitrogen and oxygen atoms in total. The molecule has 0 spiro atoms. The van der Waals surface area contributed by atoms with E-state index in [4.69, 9.17) is 10.5 Å². The second-order valence-corrected chi connectivity index (χ2v) is 6.84. The minimum atomic E-state index is -0.492. The number of nitrogens with zero attached hydrogens (tertiary/aromatic N) is 3. The van der Waals surface area contributed by atoms with Gasteiger partial charge in [0.05, 0.1) is 24.5 Å². The maximum atomic E-state index is 13.2. The molecule has 0 unspecified atom stereocenters. The molecule has 3 N–H and O–H groups in total. The number of morpholine rings is 1. The van der Waals surface area contributed by atoms with Crippen LogP contribution in [-0.2, 0) is 4.74 Å². The Hall–Kier alpha value is -3.52. The van der Waals surface area contributed by atoms with E-state index in [1.165, 1.54) is 0 Å². The van der Waals surface area contributed by atoms with Crippen molar-refractivity contribution in [3.63, 3.8) is 0 Å². The maximum absolute atomic E-state index is 13.2. The Morgan fingerprint density at radius 2 is 1.83 bits per heavy atom. The van der Waals surface area contributed by atoms with E-state index in [0.29, 0.717) is 48.8 Å². The zero-order valence-corrected chi connectivity index (χ0v) is 16.0. The van der Waals surface area contributed by atoms with Crippen molar-refractivity contribution < 1.29 is 14.3 Å². The molecule has 3 aromatic rings. The Morgan fingerprint density at radius 1 is 1.10 bits per heavy atom. The molecule has 29 heavy (non-hydrogen) atoms. The second kappa shape index (κ2) is 7.84. The number of amides is 2. The fraction of sp³-hybridized carbons (Fsp3) is 0.238. The molecular weight excluding hydrogens is 370 g/mol. The van der Waals surface area contributed by atoms with Gasteiger partial charge in [0.2, 0.25) is 5.91 Å². The van der Waals surface area contributed by atoms with E-state index in [1.807, 2.05) is 19.1 Å². The van der Waals surface area contributed by atoms with E-state index in [0.717, 1.165) is 16.8 Å². The lowest BCUT2D eigenvalue weighted by molar-refractivity contribution is 0.0303. The van der Waals surface area contributed by atoms with Gasteiger partial charge in [0.1, 0.15) is 0 Å². The normalized spacial score (nSPS) is 14.0. The molecule has 0 aliphatic carbocycles. The molecule has 1 aromatic carbocycles. The van der Waals surface area contributed by atoms with E-state index in [9.17, 15) is 9.59 Å². The van der Waals surface area contributed by atoms with Crippen LogP contribution in [0.3, 0.4) is 0 Å². The first-order valence-electron chi connectivity index (χ1n) is 9.33. The summed E-state index contributed by atoms with van der Waals surface area (Å²) in [6.45, 7) is 4.00. The first-order chi connectivity index (χ1) is 14.0. The molecule has 4 rings (SSSR count). The number of ether oxygens (including phenoxy) is 1. The minimum absolute atomic E-state index is 0.112. The third-order valence-electron chi connectivity index (χ3n) is 4.84. The predicted molar refractivity (Wildman–Crippen MR) is 109 cm³/mol. The number of aryl methyl sites for hydroxylation is 1. The highest BCUT2D eigenvalue weighted by Gasteiger charge is 2.23. The summed E-state index contributed by atoms with van der Waals surface area (Å²) < 4.78 is 5.35. The standard InChI is InChI=1S/C21H21N5O3/c1-13-2-7-16-18(25-15-5-3-14(4-6-15)19(22)27)17(12-23-20(16)24-13)21(28)26-8-10-29-11-9-26/h2-7,12H,8-11H2,1H3,(H2,22,27)(H,23,24,25). The molecule has 1 saturated heterocycles. The third-order valence-corrected chi connectivity index (χ3v) is 4.84. The number of primary amides is 1. The Bertz CT molecular complexity index is 1080. The average Bonchev–Trinajstić information content (AvgIpc) is 2.74. The summed E-state index contributed by atoms with van der Waals surface area (Å²) in [7, 11) is 0. The highest BCUT2D eigenvalue weighted by Crippen LogP contribution is 2.30. The van der Waals surface area contributed by atoms with Gasteiger partial charge < -0.3 is 20.7 Å². The number of carbonyl (C=O) groups excluding carboxylic acids is 2. The first-order valence-corrected chi connectivity index (χ1v) is 9.33. The number of fused-ring (bicyclic) bond motifs is 1. The lowest BCUT2D eigenvalue weighted by Crippen LogP contribution is -2.41. The number of nitrogens with two attached hydrogens (primary N) is 1. The highest BCUT2D eigenvalue weighted by molar-refractivity contribution is 6.07. The van der Waals surface area contributed by atoms with Crippen molar-refractivity contribution in [1.82, 2.24) is 14.9 Å². The van der Waals surface area contributed by atoms with Crippen LogP contribution in [0.2, 0.25) is 0 Å². The lowest BCUT2D eigenvalue weighted by Gasteiger charge is -2.27. The van der Waals surface area contributed by atoms with Crippen molar-refractivity contribution in [2.45, 2.75) is 6.92 Å². The Balaban J connectivity index is 1.77. The molecule has 0 atom stereocenters. The number of anilines is 2. The Morgan fingerprint density at radius 3 is 2.52 bits per heavy atom. The average molecular weight is 391 g/mol. The molecule has 0 bridgehead atoms. The molecule has 8 heteroatoms. The van der Waals surface area contributed by atoms with Crippen molar-refractivity contribution in [3.8, 4) is 0 Å². The first kappa shape index (κ1) is 18.8. The van der Waals surface area contributed by atoms with Crippen molar-refractivity contribution in [1.29, 1.82) is 0 Å². The topological polar surface area (TPSA) is 110 Å². The number of nitrogens with one attached hydrogen (secondary N) is 1. The lowest BCUT2D eigenvalue weighted by atomic mass is 10.1. The van der Waals surface area contributed by atoms with Crippen LogP contribution in [0.15, 0.2) is 42.6 Å². The van der Waals surface area contributed by atoms with Crippen LogP contribution in [0.5, 0.6) is 0 Å². The maximum Gasteiger partial charge on any atom is 0.257 e. The van der Waals surface area contributed by atoms with Crippen molar-refractivity contribution in [2.75, 3.05) is 31.6 Å². The van der Waals surface area contributed by atoms with Crippen LogP contribution in [0, 0.1) is 6.92 Å². The third kappa shape index (κ3) is 3.88. The number of benzene rings is 1. The van der Waals surface area contributed by atoms with Crippen molar-refractivity contribution in [2.24, 2.45) is 5.73 Å². The van der Waals surface area contributed by atoms with Crippen LogP contribution in [0.1, 0.15) is 26.4 Å². The van der Waals surface area contributed by atoms with Gasteiger partial charge in [-0.15, -0.1) is 0 Å². The monoisotopic (exact) mass is 391 g/mol. The molecule has 0 radical (unpaired) electrons. The van der Waals surface area contributed by atoms with Gasteiger partial charge in [-0.25, -0.2) is 9.97 Å². The Kier molecular flexibility index (Phi) is 5.09. The van der Waals surface area contributed by atoms with Gasteiger partial charge in [-0.1, -0.05) is 0 Å². The summed E-state index contributed by atoms with van der Waals surface area (Å²) in [5.41, 5.74) is 8.94. The van der Waals surface area contributed by atoms with Crippen LogP contribution < -0.4 is 11.1 Å². The molecule has 1 fully saturated rings. The largest absolute Gasteiger partial charge is 0.378 e. The molecule has 2 aromatic heterocycles. The number of rotatable bonds is 4. The smallest absolute Gasteiger partial charge is 0.257 e. The van der Waals surface area contributed by atoms with E-state index in [1.54, 1.807) is 35.4 Å². The van der Waals surface area contributed by atoms with E-state index >= 15 is 0 Å². The van der Waals surface area contributed by atoms with Gasteiger partial charge in [0.15, 0.2) is 5.65 Å². The van der Waals surface area contributed by atoms with Gasteiger partial charge in [-0.2, -0.15) is 0 Å². The fourth-order valence-electron chi connectivity index (χ4n) is 3.27. The van der Waals surface area contributed by atoms with Gasteiger partial charge in [-0.3, -0.25) is 9.59 Å². The van der Waals surface area contributed by atoms with Gasteiger partial charge in [0.25, 0.3) is 5.91 Å².